The molecular formula is C21H23BrN4O3S. The van der Waals surface area contributed by atoms with E-state index in [1.54, 1.807) is 0 Å². The van der Waals surface area contributed by atoms with Gasteiger partial charge in [-0.3, -0.25) is 14.2 Å². The van der Waals surface area contributed by atoms with Crippen LogP contribution in [0.25, 0.3) is 16.0 Å². The Morgan fingerprint density at radius 3 is 2.47 bits per heavy atom. The predicted molar refractivity (Wildman–Crippen MR) is 122 cm³/mol. The van der Waals surface area contributed by atoms with Gasteiger partial charge < -0.3 is 14.5 Å². The summed E-state index contributed by atoms with van der Waals surface area (Å²) in [5, 5.41) is 0. The molecule has 3 heterocycles. The third-order valence-electron chi connectivity index (χ3n) is 5.33. The number of carbonyl (C=O) groups is 2. The Bertz CT molecular complexity index is 1080. The van der Waals surface area contributed by atoms with E-state index in [1.807, 2.05) is 54.2 Å². The number of methoxy groups -OCH3 is 1. The van der Waals surface area contributed by atoms with Crippen molar-refractivity contribution in [2.75, 3.05) is 39.2 Å². The van der Waals surface area contributed by atoms with E-state index >= 15 is 0 Å². The molecule has 0 saturated carbocycles. The lowest BCUT2D eigenvalue weighted by atomic mass is 9.97. The number of thiophene rings is 1. The zero-order valence-corrected chi connectivity index (χ0v) is 19.5. The highest BCUT2D eigenvalue weighted by atomic mass is 79.9. The summed E-state index contributed by atoms with van der Waals surface area (Å²) in [4.78, 5) is 35.0. The van der Waals surface area contributed by atoms with Crippen molar-refractivity contribution in [3.63, 3.8) is 0 Å². The summed E-state index contributed by atoms with van der Waals surface area (Å²) in [5.41, 5.74) is 1.79. The molecule has 1 aliphatic rings. The number of rotatable bonds is 4. The minimum absolute atomic E-state index is 0.00456. The second kappa shape index (κ2) is 8.39. The standard InChI is InChI=1S/C21H23BrN4O3S/c1-24(2)21-23-16-12-17(18(27)25-10-8-13(9-11-25)20(28)29-3)30-19(16)26(21)15-6-4-14(22)5-7-15/h4-7,12-13H,8-11H2,1-3H3. The van der Waals surface area contributed by atoms with Crippen molar-refractivity contribution in [1.82, 2.24) is 14.5 Å². The number of piperidine rings is 1. The number of carbonyl (C=O) groups excluding carboxylic acids is 2. The van der Waals surface area contributed by atoms with E-state index in [9.17, 15) is 9.59 Å². The number of amides is 1. The second-order valence-electron chi connectivity index (χ2n) is 7.51. The normalized spacial score (nSPS) is 14.9. The average molecular weight is 491 g/mol. The van der Waals surface area contributed by atoms with Crippen LogP contribution in [-0.4, -0.2) is 60.6 Å². The molecule has 3 aromatic rings. The molecule has 1 saturated heterocycles. The lowest BCUT2D eigenvalue weighted by molar-refractivity contribution is -0.146. The molecule has 1 amide bonds. The first-order valence-electron chi connectivity index (χ1n) is 9.71. The van der Waals surface area contributed by atoms with Crippen molar-refractivity contribution in [1.29, 1.82) is 0 Å². The molecule has 158 valence electrons. The largest absolute Gasteiger partial charge is 0.469 e. The number of anilines is 1. The minimum atomic E-state index is -0.187. The Labute approximate surface area is 187 Å². The fourth-order valence-electron chi connectivity index (χ4n) is 3.73. The van der Waals surface area contributed by atoms with Gasteiger partial charge in [0.2, 0.25) is 5.95 Å². The van der Waals surface area contributed by atoms with E-state index < -0.39 is 0 Å². The first kappa shape index (κ1) is 20.9. The molecule has 2 aromatic heterocycles. The van der Waals surface area contributed by atoms with Crippen LogP contribution in [0.1, 0.15) is 22.5 Å². The number of benzene rings is 1. The molecule has 0 bridgehead atoms. The van der Waals surface area contributed by atoms with Gasteiger partial charge in [0, 0.05) is 37.3 Å². The summed E-state index contributed by atoms with van der Waals surface area (Å²) in [6.45, 7) is 1.12. The number of hydrogen-bond acceptors (Lipinski definition) is 6. The predicted octanol–water partition coefficient (Wildman–Crippen LogP) is 3.94. The maximum atomic E-state index is 13.1. The maximum Gasteiger partial charge on any atom is 0.308 e. The number of esters is 1. The summed E-state index contributed by atoms with van der Waals surface area (Å²) in [7, 11) is 5.32. The lowest BCUT2D eigenvalue weighted by Crippen LogP contribution is -2.40. The molecule has 0 N–H and O–H groups in total. The molecule has 0 unspecified atom stereocenters. The molecule has 0 spiro atoms. The molecule has 9 heteroatoms. The highest BCUT2D eigenvalue weighted by Crippen LogP contribution is 2.34. The monoisotopic (exact) mass is 490 g/mol. The molecule has 30 heavy (non-hydrogen) atoms. The quantitative estimate of drug-likeness (QED) is 0.518. The fraction of sp³-hybridized carbons (Fsp3) is 0.381. The Morgan fingerprint density at radius 1 is 1.20 bits per heavy atom. The van der Waals surface area contributed by atoms with Crippen LogP contribution in [-0.2, 0) is 9.53 Å². The third kappa shape index (κ3) is 3.83. The molecule has 7 nitrogen and oxygen atoms in total. The molecule has 0 atom stereocenters. The summed E-state index contributed by atoms with van der Waals surface area (Å²) in [6.07, 6.45) is 1.27. The van der Waals surface area contributed by atoms with E-state index in [2.05, 4.69) is 20.5 Å². The van der Waals surface area contributed by atoms with Crippen LogP contribution >= 0.6 is 27.3 Å². The van der Waals surface area contributed by atoms with Crippen molar-refractivity contribution in [3.05, 3.63) is 39.7 Å². The van der Waals surface area contributed by atoms with Gasteiger partial charge in [-0.2, -0.15) is 0 Å². The Morgan fingerprint density at radius 2 is 1.87 bits per heavy atom. The van der Waals surface area contributed by atoms with Gasteiger partial charge in [0.05, 0.1) is 17.9 Å². The summed E-state index contributed by atoms with van der Waals surface area (Å²) >= 11 is 4.93. The SMILES string of the molecule is COC(=O)C1CCN(C(=O)c2cc3nc(N(C)C)n(-c4ccc(Br)cc4)c3s2)CC1. The van der Waals surface area contributed by atoms with E-state index in [-0.39, 0.29) is 17.8 Å². The number of likely N-dealkylation sites (tertiary alicyclic amines) is 1. The van der Waals surface area contributed by atoms with Crippen LogP contribution in [0.15, 0.2) is 34.8 Å². The molecule has 1 aromatic carbocycles. The lowest BCUT2D eigenvalue weighted by Gasteiger charge is -2.30. The topological polar surface area (TPSA) is 67.7 Å². The van der Waals surface area contributed by atoms with E-state index in [4.69, 9.17) is 9.72 Å². The average Bonchev–Trinajstić information content (AvgIpc) is 3.32. The molecule has 1 fully saturated rings. The third-order valence-corrected chi connectivity index (χ3v) is 6.96. The number of halogens is 1. The smallest absolute Gasteiger partial charge is 0.308 e. The van der Waals surface area contributed by atoms with Crippen LogP contribution in [0.5, 0.6) is 0 Å². The van der Waals surface area contributed by atoms with Crippen molar-refractivity contribution >= 4 is 55.4 Å². The van der Waals surface area contributed by atoms with E-state index in [1.165, 1.54) is 18.4 Å². The molecule has 0 aliphatic carbocycles. The Balaban J connectivity index is 1.63. The molecule has 4 rings (SSSR count). The van der Waals surface area contributed by atoms with Gasteiger partial charge in [-0.05, 0) is 43.2 Å². The second-order valence-corrected chi connectivity index (χ2v) is 9.46. The van der Waals surface area contributed by atoms with Crippen LogP contribution in [0.3, 0.4) is 0 Å². The zero-order valence-electron chi connectivity index (χ0n) is 17.1. The van der Waals surface area contributed by atoms with Crippen LogP contribution in [0.2, 0.25) is 0 Å². The summed E-state index contributed by atoms with van der Waals surface area (Å²) in [6, 6.07) is 9.91. The van der Waals surface area contributed by atoms with Crippen LogP contribution in [0, 0.1) is 5.92 Å². The van der Waals surface area contributed by atoms with E-state index in [0.29, 0.717) is 30.8 Å². The van der Waals surface area contributed by atoms with Crippen molar-refractivity contribution < 1.29 is 14.3 Å². The highest BCUT2D eigenvalue weighted by molar-refractivity contribution is 9.10. The van der Waals surface area contributed by atoms with Crippen molar-refractivity contribution in [3.8, 4) is 5.69 Å². The summed E-state index contributed by atoms with van der Waals surface area (Å²) in [5.74, 6) is 0.506. The number of ether oxygens (including phenoxy) is 1. The van der Waals surface area contributed by atoms with Crippen molar-refractivity contribution in [2.45, 2.75) is 12.8 Å². The Kier molecular flexibility index (Phi) is 5.84. The van der Waals surface area contributed by atoms with Gasteiger partial charge in [-0.25, -0.2) is 4.98 Å². The van der Waals surface area contributed by atoms with Gasteiger partial charge in [0.1, 0.15) is 10.3 Å². The molecular weight excluding hydrogens is 468 g/mol. The number of imidazole rings is 1. The van der Waals surface area contributed by atoms with Gasteiger partial charge >= 0.3 is 5.97 Å². The first-order valence-corrected chi connectivity index (χ1v) is 11.3. The molecule has 1 aliphatic heterocycles. The summed E-state index contributed by atoms with van der Waals surface area (Å²) < 4.78 is 7.92. The van der Waals surface area contributed by atoms with Gasteiger partial charge in [-0.15, -0.1) is 11.3 Å². The highest BCUT2D eigenvalue weighted by Gasteiger charge is 2.29. The zero-order chi connectivity index (χ0) is 21.4. The first-order chi connectivity index (χ1) is 14.4. The van der Waals surface area contributed by atoms with Crippen LogP contribution < -0.4 is 4.90 Å². The van der Waals surface area contributed by atoms with Crippen molar-refractivity contribution in [2.24, 2.45) is 5.92 Å². The van der Waals surface area contributed by atoms with Gasteiger partial charge in [-0.1, -0.05) is 15.9 Å². The Hall–Kier alpha value is -2.39. The van der Waals surface area contributed by atoms with Gasteiger partial charge in [0.15, 0.2) is 0 Å². The van der Waals surface area contributed by atoms with Crippen LogP contribution in [0.4, 0.5) is 5.95 Å². The fourth-order valence-corrected chi connectivity index (χ4v) is 5.08. The number of aromatic nitrogens is 2. The number of fused-ring (bicyclic) bond motifs is 1. The van der Waals surface area contributed by atoms with E-state index in [0.717, 1.165) is 26.5 Å². The maximum absolute atomic E-state index is 13.1. The minimum Gasteiger partial charge on any atom is -0.469 e. The number of hydrogen-bond donors (Lipinski definition) is 0. The van der Waals surface area contributed by atoms with Gasteiger partial charge in [0.25, 0.3) is 5.91 Å². The molecule has 0 radical (unpaired) electrons. The number of nitrogens with zero attached hydrogens (tertiary/aromatic N) is 4.